The number of hydrogen-bond donors (Lipinski definition) is 0. The molecule has 4 aliphatic rings. The molecule has 7 unspecified atom stereocenters. The Hall–Kier alpha value is -0.520. The minimum atomic E-state index is 0.382. The van der Waals surface area contributed by atoms with Crippen LogP contribution in [-0.4, -0.2) is 0 Å². The summed E-state index contributed by atoms with van der Waals surface area (Å²) in [5.74, 6) is 4.43. The molecular formula is C31H52. The van der Waals surface area contributed by atoms with Crippen LogP contribution in [0.3, 0.4) is 0 Å². The number of allylic oxidation sites excluding steroid dienone is 4. The maximum absolute atomic E-state index is 2.75. The van der Waals surface area contributed by atoms with Crippen molar-refractivity contribution in [1.82, 2.24) is 0 Å². The van der Waals surface area contributed by atoms with Gasteiger partial charge in [0.2, 0.25) is 0 Å². The lowest BCUT2D eigenvalue weighted by Gasteiger charge is -2.55. The molecule has 0 bridgehead atoms. The standard InChI is InChI=1S/C31H52/c1-23(2)12-7-8-13-25-16-17-28-29(25,4)20-11-15-27-30(5)21-18-24(3)22-26(30)14-9-10-19-31(27,28)6/h10,14,19,23-25,27-28H,7-9,11-13,15-18,20-22H2,1-6H3/b19-10?,26-14-. The predicted octanol–water partition coefficient (Wildman–Crippen LogP) is 9.75. The molecule has 3 fully saturated rings. The Morgan fingerprint density at radius 2 is 1.77 bits per heavy atom. The molecular weight excluding hydrogens is 372 g/mol. The maximum Gasteiger partial charge on any atom is -0.00764 e. The van der Waals surface area contributed by atoms with Crippen molar-refractivity contribution in [2.24, 2.45) is 45.8 Å². The van der Waals surface area contributed by atoms with Gasteiger partial charge in [-0.1, -0.05) is 91.0 Å². The second-order valence-corrected chi connectivity index (χ2v) is 13.5. The van der Waals surface area contributed by atoms with Crippen molar-refractivity contribution in [1.29, 1.82) is 0 Å². The van der Waals surface area contributed by atoms with Gasteiger partial charge in [0.05, 0.1) is 0 Å². The second kappa shape index (κ2) is 9.02. The summed E-state index contributed by atoms with van der Waals surface area (Å²) < 4.78 is 0. The van der Waals surface area contributed by atoms with E-state index < -0.39 is 0 Å². The number of hydrogen-bond acceptors (Lipinski definition) is 0. The molecule has 0 radical (unpaired) electrons. The normalized spacial score (nSPS) is 46.9. The van der Waals surface area contributed by atoms with Crippen LogP contribution in [-0.2, 0) is 0 Å². The van der Waals surface area contributed by atoms with Gasteiger partial charge in [0, 0.05) is 0 Å². The molecule has 0 spiro atoms. The number of fused-ring (bicyclic) bond motifs is 5. The van der Waals surface area contributed by atoms with Gasteiger partial charge in [0.25, 0.3) is 0 Å². The Morgan fingerprint density at radius 3 is 2.55 bits per heavy atom. The van der Waals surface area contributed by atoms with E-state index in [0.717, 1.165) is 29.6 Å². The van der Waals surface area contributed by atoms with Crippen LogP contribution < -0.4 is 0 Å². The van der Waals surface area contributed by atoms with E-state index in [1.54, 1.807) is 0 Å². The Kier molecular flexibility index (Phi) is 6.88. The highest BCUT2D eigenvalue weighted by atomic mass is 14.6. The molecule has 0 aromatic rings. The van der Waals surface area contributed by atoms with E-state index in [0.29, 0.717) is 16.2 Å². The lowest BCUT2D eigenvalue weighted by Crippen LogP contribution is -2.48. The summed E-state index contributed by atoms with van der Waals surface area (Å²) in [5, 5.41) is 0. The van der Waals surface area contributed by atoms with Crippen molar-refractivity contribution in [2.45, 2.75) is 125 Å². The predicted molar refractivity (Wildman–Crippen MR) is 136 cm³/mol. The van der Waals surface area contributed by atoms with E-state index in [9.17, 15) is 0 Å². The van der Waals surface area contributed by atoms with Crippen molar-refractivity contribution in [3.05, 3.63) is 23.8 Å². The first-order valence-electron chi connectivity index (χ1n) is 14.1. The van der Waals surface area contributed by atoms with Crippen LogP contribution in [0.25, 0.3) is 0 Å². The summed E-state index contributed by atoms with van der Waals surface area (Å²) >= 11 is 0. The Morgan fingerprint density at radius 1 is 0.968 bits per heavy atom. The van der Waals surface area contributed by atoms with Crippen molar-refractivity contribution >= 4 is 0 Å². The Bertz CT molecular complexity index is 682. The van der Waals surface area contributed by atoms with E-state index in [2.05, 4.69) is 59.8 Å². The molecule has 0 heteroatoms. The first-order valence-corrected chi connectivity index (χ1v) is 14.1. The SMILES string of the molecule is CC(C)CCCCC1CCC2C3(C)C=CC/C=C4/CC(C)CCC4(C)C3CCCC12C. The molecule has 4 aliphatic carbocycles. The van der Waals surface area contributed by atoms with Crippen molar-refractivity contribution in [3.8, 4) is 0 Å². The van der Waals surface area contributed by atoms with Crippen molar-refractivity contribution < 1.29 is 0 Å². The smallest absolute Gasteiger partial charge is 0.00764 e. The van der Waals surface area contributed by atoms with Crippen molar-refractivity contribution in [2.75, 3.05) is 0 Å². The first-order chi connectivity index (χ1) is 14.7. The maximum atomic E-state index is 2.75. The summed E-state index contributed by atoms with van der Waals surface area (Å²) in [7, 11) is 0. The molecule has 3 saturated carbocycles. The Labute approximate surface area is 194 Å². The molecule has 31 heavy (non-hydrogen) atoms. The third-order valence-corrected chi connectivity index (χ3v) is 11.0. The zero-order valence-electron chi connectivity index (χ0n) is 21.8. The van der Waals surface area contributed by atoms with Crippen LogP contribution >= 0.6 is 0 Å². The zero-order valence-corrected chi connectivity index (χ0v) is 21.8. The lowest BCUT2D eigenvalue weighted by atomic mass is 9.49. The van der Waals surface area contributed by atoms with Crippen LogP contribution in [0.15, 0.2) is 23.8 Å². The van der Waals surface area contributed by atoms with Crippen LogP contribution in [0, 0.1) is 45.8 Å². The largest absolute Gasteiger partial charge is 0.0842 e. The van der Waals surface area contributed by atoms with Gasteiger partial charge in [-0.3, -0.25) is 0 Å². The number of unbranched alkanes of at least 4 members (excludes halogenated alkanes) is 1. The molecule has 0 amide bonds. The summed E-state index contributed by atoms with van der Waals surface area (Å²) in [4.78, 5) is 0. The molecule has 0 heterocycles. The van der Waals surface area contributed by atoms with Gasteiger partial charge in [-0.05, 0) is 104 Å². The third-order valence-electron chi connectivity index (χ3n) is 11.0. The van der Waals surface area contributed by atoms with Crippen molar-refractivity contribution in [3.63, 3.8) is 0 Å². The van der Waals surface area contributed by atoms with Crippen LogP contribution in [0.5, 0.6) is 0 Å². The van der Waals surface area contributed by atoms with Gasteiger partial charge in [-0.25, -0.2) is 0 Å². The van der Waals surface area contributed by atoms with Gasteiger partial charge in [-0.15, -0.1) is 0 Å². The highest BCUT2D eigenvalue weighted by Crippen LogP contribution is 2.68. The monoisotopic (exact) mass is 424 g/mol. The van der Waals surface area contributed by atoms with Gasteiger partial charge >= 0.3 is 0 Å². The van der Waals surface area contributed by atoms with E-state index in [4.69, 9.17) is 0 Å². The average molecular weight is 425 g/mol. The first kappa shape index (κ1) is 23.6. The molecule has 0 saturated heterocycles. The van der Waals surface area contributed by atoms with E-state index in [1.807, 2.05) is 5.57 Å². The van der Waals surface area contributed by atoms with E-state index >= 15 is 0 Å². The summed E-state index contributed by atoms with van der Waals surface area (Å²) in [6, 6.07) is 0. The fourth-order valence-corrected chi connectivity index (χ4v) is 9.27. The van der Waals surface area contributed by atoms with E-state index in [1.165, 1.54) is 83.5 Å². The topological polar surface area (TPSA) is 0 Å². The minimum Gasteiger partial charge on any atom is -0.0842 e. The zero-order chi connectivity index (χ0) is 22.3. The Balaban J connectivity index is 1.61. The average Bonchev–Trinajstić information content (AvgIpc) is 2.98. The summed E-state index contributed by atoms with van der Waals surface area (Å²) in [6.07, 6.45) is 26.5. The van der Waals surface area contributed by atoms with Gasteiger partial charge in [-0.2, -0.15) is 0 Å². The summed E-state index contributed by atoms with van der Waals surface area (Å²) in [5.41, 5.74) is 3.21. The van der Waals surface area contributed by atoms with Crippen LogP contribution in [0.1, 0.15) is 125 Å². The molecule has 7 atom stereocenters. The molecule has 0 aromatic heterocycles. The molecule has 176 valence electrons. The molecule has 4 rings (SSSR count). The van der Waals surface area contributed by atoms with Gasteiger partial charge in [0.15, 0.2) is 0 Å². The minimum absolute atomic E-state index is 0.382. The quantitative estimate of drug-likeness (QED) is 0.304. The summed E-state index contributed by atoms with van der Waals surface area (Å²) in [6.45, 7) is 15.4. The van der Waals surface area contributed by atoms with E-state index in [-0.39, 0.29) is 0 Å². The fourth-order valence-electron chi connectivity index (χ4n) is 9.27. The molecule has 0 aliphatic heterocycles. The molecule has 0 aromatic carbocycles. The second-order valence-electron chi connectivity index (χ2n) is 13.5. The highest BCUT2D eigenvalue weighted by Gasteiger charge is 2.59. The van der Waals surface area contributed by atoms with Crippen LogP contribution in [0.2, 0.25) is 0 Å². The highest BCUT2D eigenvalue weighted by molar-refractivity contribution is 5.27. The molecule has 0 nitrogen and oxygen atoms in total. The van der Waals surface area contributed by atoms with Gasteiger partial charge in [0.1, 0.15) is 0 Å². The van der Waals surface area contributed by atoms with Crippen LogP contribution in [0.4, 0.5) is 0 Å². The van der Waals surface area contributed by atoms with Gasteiger partial charge < -0.3 is 0 Å². The fraction of sp³-hybridized carbons (Fsp3) is 0.871. The molecule has 0 N–H and O–H groups in total. The number of rotatable bonds is 5. The lowest BCUT2D eigenvalue weighted by molar-refractivity contribution is -0.00322. The third kappa shape index (κ3) is 4.24.